The second-order valence-electron chi connectivity index (χ2n) is 6.76. The van der Waals surface area contributed by atoms with Crippen molar-refractivity contribution in [3.05, 3.63) is 94.0 Å². The molecule has 0 fully saturated rings. The molecule has 28 heavy (non-hydrogen) atoms. The van der Waals surface area contributed by atoms with Gasteiger partial charge >= 0.3 is 0 Å². The van der Waals surface area contributed by atoms with E-state index in [0.29, 0.717) is 0 Å². The van der Waals surface area contributed by atoms with E-state index >= 15 is 0 Å². The van der Waals surface area contributed by atoms with Crippen molar-refractivity contribution in [1.82, 2.24) is 14.8 Å². The van der Waals surface area contributed by atoms with E-state index in [9.17, 15) is 0 Å². The standard InChI is InChI=1S/C23H20BrN3S/c1-16-6-10-19(11-7-16)22-25-26-23(27(22)21-12-8-17(2)9-13-21)28-15-18-4-3-5-20(24)14-18/h3-14H,15H2,1-2H3. The first kappa shape index (κ1) is 19.0. The van der Waals surface area contributed by atoms with Crippen molar-refractivity contribution in [2.75, 3.05) is 0 Å². The summed E-state index contributed by atoms with van der Waals surface area (Å²) in [6.45, 7) is 4.19. The normalized spacial score (nSPS) is 11.0. The third-order valence-electron chi connectivity index (χ3n) is 4.49. The molecule has 0 bridgehead atoms. The van der Waals surface area contributed by atoms with Crippen LogP contribution in [-0.4, -0.2) is 14.8 Å². The molecule has 0 N–H and O–H groups in total. The maximum Gasteiger partial charge on any atom is 0.196 e. The summed E-state index contributed by atoms with van der Waals surface area (Å²) >= 11 is 5.24. The van der Waals surface area contributed by atoms with Gasteiger partial charge in [0, 0.05) is 21.5 Å². The van der Waals surface area contributed by atoms with Gasteiger partial charge in [-0.3, -0.25) is 4.57 Å². The van der Waals surface area contributed by atoms with E-state index in [1.54, 1.807) is 11.8 Å². The Bertz CT molecular complexity index is 1090. The van der Waals surface area contributed by atoms with Crippen LogP contribution in [0, 0.1) is 13.8 Å². The summed E-state index contributed by atoms with van der Waals surface area (Å²) in [5.74, 6) is 1.69. The van der Waals surface area contributed by atoms with Gasteiger partial charge in [0.1, 0.15) is 0 Å². The quantitative estimate of drug-likeness (QED) is 0.321. The van der Waals surface area contributed by atoms with Crippen molar-refractivity contribution >= 4 is 27.7 Å². The number of rotatable bonds is 5. The molecule has 0 aliphatic rings. The molecule has 0 spiro atoms. The summed E-state index contributed by atoms with van der Waals surface area (Å²) in [6, 6.07) is 25.3. The molecule has 0 atom stereocenters. The van der Waals surface area contributed by atoms with Crippen LogP contribution >= 0.6 is 27.7 Å². The Morgan fingerprint density at radius 2 is 1.54 bits per heavy atom. The predicted octanol–water partition coefficient (Wildman–Crippen LogP) is 6.61. The zero-order chi connectivity index (χ0) is 19.5. The average molecular weight is 450 g/mol. The highest BCUT2D eigenvalue weighted by Crippen LogP contribution is 2.30. The Morgan fingerprint density at radius 3 is 2.21 bits per heavy atom. The lowest BCUT2D eigenvalue weighted by atomic mass is 10.1. The molecule has 4 aromatic rings. The largest absolute Gasteiger partial charge is 0.270 e. The first-order chi connectivity index (χ1) is 13.6. The summed E-state index contributed by atoms with van der Waals surface area (Å²) in [7, 11) is 0. The molecule has 0 saturated carbocycles. The maximum absolute atomic E-state index is 4.53. The summed E-state index contributed by atoms with van der Waals surface area (Å²) in [4.78, 5) is 0. The highest BCUT2D eigenvalue weighted by atomic mass is 79.9. The summed E-state index contributed by atoms with van der Waals surface area (Å²) in [6.07, 6.45) is 0. The molecule has 1 aromatic heterocycles. The van der Waals surface area contributed by atoms with Crippen molar-refractivity contribution in [2.24, 2.45) is 0 Å². The SMILES string of the molecule is Cc1ccc(-c2nnc(SCc3cccc(Br)c3)n2-c2ccc(C)cc2)cc1. The molecule has 0 aliphatic heterocycles. The van der Waals surface area contributed by atoms with Gasteiger partial charge in [-0.1, -0.05) is 87.3 Å². The van der Waals surface area contributed by atoms with E-state index in [1.165, 1.54) is 16.7 Å². The van der Waals surface area contributed by atoms with E-state index in [1.807, 2.05) is 6.07 Å². The van der Waals surface area contributed by atoms with Gasteiger partial charge in [0.15, 0.2) is 11.0 Å². The summed E-state index contributed by atoms with van der Waals surface area (Å²) < 4.78 is 3.23. The molecule has 0 radical (unpaired) electrons. The molecule has 0 saturated heterocycles. The molecule has 0 aliphatic carbocycles. The summed E-state index contributed by atoms with van der Waals surface area (Å²) in [5.41, 5.74) is 5.84. The lowest BCUT2D eigenvalue weighted by Crippen LogP contribution is -2.00. The van der Waals surface area contributed by atoms with Gasteiger partial charge in [-0.25, -0.2) is 0 Å². The van der Waals surface area contributed by atoms with Crippen LogP contribution in [0.25, 0.3) is 17.1 Å². The first-order valence-electron chi connectivity index (χ1n) is 9.07. The van der Waals surface area contributed by atoms with Crippen LogP contribution in [0.4, 0.5) is 0 Å². The number of hydrogen-bond donors (Lipinski definition) is 0. The fraction of sp³-hybridized carbons (Fsp3) is 0.130. The minimum atomic E-state index is 0.831. The first-order valence-corrected chi connectivity index (χ1v) is 10.8. The zero-order valence-electron chi connectivity index (χ0n) is 15.8. The van der Waals surface area contributed by atoms with Crippen molar-refractivity contribution in [2.45, 2.75) is 24.8 Å². The van der Waals surface area contributed by atoms with E-state index < -0.39 is 0 Å². The topological polar surface area (TPSA) is 30.7 Å². The molecule has 3 nitrogen and oxygen atoms in total. The molecule has 0 unspecified atom stereocenters. The number of aromatic nitrogens is 3. The lowest BCUT2D eigenvalue weighted by Gasteiger charge is -2.11. The Morgan fingerprint density at radius 1 is 0.857 bits per heavy atom. The lowest BCUT2D eigenvalue weighted by molar-refractivity contribution is 0.885. The Labute approximate surface area is 178 Å². The smallest absolute Gasteiger partial charge is 0.196 e. The predicted molar refractivity (Wildman–Crippen MR) is 120 cm³/mol. The second kappa shape index (κ2) is 8.33. The minimum Gasteiger partial charge on any atom is -0.270 e. The van der Waals surface area contributed by atoms with Crippen LogP contribution in [0.15, 0.2) is 82.4 Å². The second-order valence-corrected chi connectivity index (χ2v) is 8.62. The summed E-state index contributed by atoms with van der Waals surface area (Å²) in [5, 5.41) is 9.93. The molecule has 140 valence electrons. The van der Waals surface area contributed by atoms with Gasteiger partial charge in [-0.05, 0) is 43.7 Å². The Balaban J connectivity index is 1.73. The van der Waals surface area contributed by atoms with Gasteiger partial charge in [0.25, 0.3) is 0 Å². The number of nitrogens with zero attached hydrogens (tertiary/aromatic N) is 3. The number of aryl methyl sites for hydroxylation is 2. The minimum absolute atomic E-state index is 0.831. The van der Waals surface area contributed by atoms with Gasteiger partial charge in [-0.2, -0.15) is 0 Å². The number of thioether (sulfide) groups is 1. The Hall–Kier alpha value is -2.37. The zero-order valence-corrected chi connectivity index (χ0v) is 18.2. The van der Waals surface area contributed by atoms with Crippen LogP contribution in [0.2, 0.25) is 0 Å². The number of benzene rings is 3. The van der Waals surface area contributed by atoms with E-state index in [-0.39, 0.29) is 0 Å². The third-order valence-corrected chi connectivity index (χ3v) is 5.99. The molecular formula is C23H20BrN3S. The Kier molecular flexibility index (Phi) is 5.64. The van der Waals surface area contributed by atoms with E-state index in [4.69, 9.17) is 0 Å². The highest BCUT2D eigenvalue weighted by Gasteiger charge is 2.16. The van der Waals surface area contributed by atoms with E-state index in [2.05, 4.69) is 111 Å². The number of hydrogen-bond acceptors (Lipinski definition) is 3. The molecule has 3 aromatic carbocycles. The molecular weight excluding hydrogens is 430 g/mol. The van der Waals surface area contributed by atoms with Crippen LogP contribution in [-0.2, 0) is 5.75 Å². The molecule has 4 rings (SSSR count). The van der Waals surface area contributed by atoms with Crippen molar-refractivity contribution in [1.29, 1.82) is 0 Å². The van der Waals surface area contributed by atoms with Crippen LogP contribution in [0.3, 0.4) is 0 Å². The van der Waals surface area contributed by atoms with Crippen molar-refractivity contribution < 1.29 is 0 Å². The van der Waals surface area contributed by atoms with Gasteiger partial charge in [-0.15, -0.1) is 10.2 Å². The maximum atomic E-state index is 4.53. The monoisotopic (exact) mass is 449 g/mol. The van der Waals surface area contributed by atoms with Crippen LogP contribution in [0.1, 0.15) is 16.7 Å². The average Bonchev–Trinajstić information content (AvgIpc) is 3.11. The fourth-order valence-corrected chi connectivity index (χ4v) is 4.30. The van der Waals surface area contributed by atoms with Crippen LogP contribution < -0.4 is 0 Å². The van der Waals surface area contributed by atoms with Gasteiger partial charge < -0.3 is 0 Å². The molecule has 5 heteroatoms. The highest BCUT2D eigenvalue weighted by molar-refractivity contribution is 9.10. The van der Waals surface area contributed by atoms with Gasteiger partial charge in [0.2, 0.25) is 0 Å². The van der Waals surface area contributed by atoms with E-state index in [0.717, 1.165) is 32.5 Å². The fourth-order valence-electron chi connectivity index (χ4n) is 2.95. The third kappa shape index (κ3) is 4.21. The van der Waals surface area contributed by atoms with Gasteiger partial charge in [0.05, 0.1) is 0 Å². The molecule has 1 heterocycles. The van der Waals surface area contributed by atoms with Crippen molar-refractivity contribution in [3.63, 3.8) is 0 Å². The van der Waals surface area contributed by atoms with Crippen LogP contribution in [0.5, 0.6) is 0 Å². The molecule has 0 amide bonds. The van der Waals surface area contributed by atoms with Crippen molar-refractivity contribution in [3.8, 4) is 17.1 Å². The number of halogens is 1.